The number of para-hydroxylation sites is 1. The monoisotopic (exact) mass is 642 g/mol. The zero-order valence-corrected chi connectivity index (χ0v) is 25.4. The minimum Gasteiger partial charge on any atom is -0.480 e. The van der Waals surface area contributed by atoms with Crippen molar-refractivity contribution in [3.8, 4) is 11.5 Å². The number of benzene rings is 2. The van der Waals surface area contributed by atoms with Gasteiger partial charge in [0.15, 0.2) is 0 Å². The Morgan fingerprint density at radius 2 is 1.70 bits per heavy atom. The van der Waals surface area contributed by atoms with Gasteiger partial charge in [0.1, 0.15) is 53.2 Å². The van der Waals surface area contributed by atoms with Gasteiger partial charge in [0.05, 0.1) is 13.2 Å². The Labute approximate surface area is 254 Å². The molecule has 1 aliphatic rings. The zero-order chi connectivity index (χ0) is 32.7. The van der Waals surface area contributed by atoms with E-state index in [2.05, 4.69) is 9.68 Å². The van der Waals surface area contributed by atoms with Crippen molar-refractivity contribution >= 4 is 28.0 Å². The van der Waals surface area contributed by atoms with Crippen LogP contribution in [0.4, 0.5) is 10.5 Å². The molecule has 2 aromatic carbocycles. The molecule has 0 saturated carbocycles. The third kappa shape index (κ3) is 9.75. The molecule has 15 nitrogen and oxygen atoms in total. The Morgan fingerprint density at radius 1 is 1.05 bits per heavy atom. The van der Waals surface area contributed by atoms with Crippen molar-refractivity contribution in [2.75, 3.05) is 13.2 Å². The van der Waals surface area contributed by atoms with Gasteiger partial charge in [-0.2, -0.15) is 4.21 Å². The van der Waals surface area contributed by atoms with Crippen LogP contribution in [0.2, 0.25) is 0 Å². The number of nitrogens with zero attached hydrogens (tertiary/aromatic N) is 1. The Morgan fingerprint density at radius 3 is 2.30 bits per heavy atom. The van der Waals surface area contributed by atoms with Gasteiger partial charge in [-0.25, -0.2) is 9.59 Å². The van der Waals surface area contributed by atoms with Crippen molar-refractivity contribution < 1.29 is 61.9 Å². The van der Waals surface area contributed by atoms with Crippen LogP contribution in [0.15, 0.2) is 52.9 Å². The fraction of sp³-hybridized carbons (Fsp3) is 0.500. The van der Waals surface area contributed by atoms with Crippen molar-refractivity contribution in [1.82, 2.24) is 5.32 Å². The first-order valence-electron chi connectivity index (χ1n) is 13.6. The van der Waals surface area contributed by atoms with E-state index < -0.39 is 71.3 Å². The predicted molar refractivity (Wildman–Crippen MR) is 154 cm³/mol. The average molecular weight is 643 g/mol. The van der Waals surface area contributed by atoms with E-state index in [1.165, 1.54) is 36.4 Å². The topological polar surface area (TPSA) is 223 Å². The normalized spacial score (nSPS) is 24.0. The van der Waals surface area contributed by atoms with Crippen LogP contribution in [0.3, 0.4) is 0 Å². The number of carboxylic acids is 1. The summed E-state index contributed by atoms with van der Waals surface area (Å²) in [4.78, 5) is 23.8. The van der Waals surface area contributed by atoms with Crippen molar-refractivity contribution in [3.05, 3.63) is 54.1 Å². The van der Waals surface area contributed by atoms with E-state index in [1.54, 1.807) is 39.8 Å². The number of nitrogens with one attached hydrogen (secondary N) is 1. The summed E-state index contributed by atoms with van der Waals surface area (Å²) < 4.78 is 44.9. The predicted octanol–water partition coefficient (Wildman–Crippen LogP) is 1.43. The lowest BCUT2D eigenvalue weighted by atomic mass is 9.99. The highest BCUT2D eigenvalue weighted by Crippen LogP contribution is 2.33. The maximum Gasteiger partial charge on any atom is 0.408 e. The highest BCUT2D eigenvalue weighted by Gasteiger charge is 2.45. The molecule has 244 valence electrons. The molecular formula is C28H38N2O13S. The fourth-order valence-electron chi connectivity index (χ4n) is 3.95. The molecular weight excluding hydrogens is 604 g/mol. The van der Waals surface area contributed by atoms with Crippen molar-refractivity contribution in [3.63, 3.8) is 0 Å². The van der Waals surface area contributed by atoms with Crippen LogP contribution in [-0.2, 0) is 35.2 Å². The second-order valence-corrected chi connectivity index (χ2v) is 12.1. The third-order valence-corrected chi connectivity index (χ3v) is 7.34. The van der Waals surface area contributed by atoms with Crippen molar-refractivity contribution in [2.24, 2.45) is 4.36 Å². The Hall–Kier alpha value is -3.51. The Kier molecular flexibility index (Phi) is 11.9. The van der Waals surface area contributed by atoms with E-state index in [0.717, 1.165) is 0 Å². The van der Waals surface area contributed by atoms with Crippen LogP contribution in [0, 0.1) is 0 Å². The molecule has 0 radical (unpaired) electrons. The summed E-state index contributed by atoms with van der Waals surface area (Å²) in [6, 6.07) is 10.6. The van der Waals surface area contributed by atoms with Gasteiger partial charge >= 0.3 is 22.4 Å². The molecule has 6 N–H and O–H groups in total. The molecule has 3 rings (SSSR count). The van der Waals surface area contributed by atoms with Gasteiger partial charge < -0.3 is 49.2 Å². The summed E-state index contributed by atoms with van der Waals surface area (Å²) in [6.45, 7) is 5.81. The lowest BCUT2D eigenvalue weighted by Crippen LogP contribution is -2.60. The lowest BCUT2D eigenvalue weighted by Gasteiger charge is -2.39. The third-order valence-electron chi connectivity index (χ3n) is 5.99. The van der Waals surface area contributed by atoms with Crippen LogP contribution >= 0.6 is 0 Å². The first kappa shape index (κ1) is 35.0. The quantitative estimate of drug-likeness (QED) is 0.193. The van der Waals surface area contributed by atoms with Gasteiger partial charge in [-0.05, 0) is 57.5 Å². The van der Waals surface area contributed by atoms with Crippen LogP contribution in [-0.4, -0.2) is 97.4 Å². The molecule has 0 aromatic heterocycles. The summed E-state index contributed by atoms with van der Waals surface area (Å²) >= 11 is 0. The number of amides is 1. The number of hydrogen-bond donors (Lipinski definition) is 6. The minimum atomic E-state index is -3.90. The number of rotatable bonds is 12. The number of carbonyl (C=O) groups is 2. The van der Waals surface area contributed by atoms with Crippen LogP contribution in [0.5, 0.6) is 11.5 Å². The summed E-state index contributed by atoms with van der Waals surface area (Å²) in [5, 5.41) is 51.7. The number of hydrogen-bond acceptors (Lipinski definition) is 13. The summed E-state index contributed by atoms with van der Waals surface area (Å²) in [5.74, 6) is -1.24. The Balaban J connectivity index is 1.79. The van der Waals surface area contributed by atoms with E-state index >= 15 is 0 Å². The lowest BCUT2D eigenvalue weighted by molar-refractivity contribution is -0.277. The summed E-state index contributed by atoms with van der Waals surface area (Å²) in [6.07, 6.45) is -8.62. The maximum atomic E-state index is 13.6. The molecule has 44 heavy (non-hydrogen) atoms. The molecule has 7 atom stereocenters. The van der Waals surface area contributed by atoms with Crippen LogP contribution in [0.1, 0.15) is 33.3 Å². The second-order valence-electron chi connectivity index (χ2n) is 10.7. The molecule has 1 saturated heterocycles. The van der Waals surface area contributed by atoms with Crippen LogP contribution in [0.25, 0.3) is 0 Å². The number of aliphatic hydroxyl groups excluding tert-OH is 4. The molecule has 1 aliphatic heterocycles. The number of ether oxygens (including phenoxy) is 3. The van der Waals surface area contributed by atoms with E-state index in [0.29, 0.717) is 5.56 Å². The summed E-state index contributed by atoms with van der Waals surface area (Å²) in [7, 11) is -3.90. The van der Waals surface area contributed by atoms with Gasteiger partial charge in [-0.3, -0.25) is 4.18 Å². The molecule has 16 heteroatoms. The number of aliphatic hydroxyl groups is 4. The standard InChI is InChI=1S/C28H38N2O13S/c1-5-39-44(38,30-18-8-6-7-9-20(18)40-26-24(34)23(33)22(32)21(15-31)41-26)43-17-12-10-16(11-13-17)14-19(25(35)36)29-27(37)42-28(2,3)4/h6-13,19,21-24,26,31-34H,5,14-15H2,1-4H3,(H,29,37)(H,35,36)/t19-,21+,22-,23-,24+,26-,44?/m0/s1. The van der Waals surface area contributed by atoms with Gasteiger partial charge in [-0.15, -0.1) is 4.36 Å². The summed E-state index contributed by atoms with van der Waals surface area (Å²) in [5.41, 5.74) is -0.326. The molecule has 0 spiro atoms. The average Bonchev–Trinajstić information content (AvgIpc) is 2.94. The molecule has 1 heterocycles. The smallest absolute Gasteiger partial charge is 0.408 e. The molecule has 0 bridgehead atoms. The fourth-order valence-corrected chi connectivity index (χ4v) is 5.13. The van der Waals surface area contributed by atoms with E-state index in [4.69, 9.17) is 22.6 Å². The number of alkyl carbamates (subject to hydrolysis) is 1. The molecule has 0 aliphatic carbocycles. The zero-order valence-electron chi connectivity index (χ0n) is 24.6. The first-order chi connectivity index (χ1) is 20.6. The molecule has 1 fully saturated rings. The van der Waals surface area contributed by atoms with Gasteiger partial charge in [0, 0.05) is 6.42 Å². The Bertz CT molecular complexity index is 1390. The maximum absolute atomic E-state index is 13.6. The number of carboxylic acid groups (broad SMARTS) is 1. The van der Waals surface area contributed by atoms with Gasteiger partial charge in [0.25, 0.3) is 0 Å². The van der Waals surface area contributed by atoms with Gasteiger partial charge in [0.2, 0.25) is 6.29 Å². The number of carbonyl (C=O) groups excluding carboxylic acids is 1. The molecule has 1 unspecified atom stereocenters. The van der Waals surface area contributed by atoms with E-state index in [9.17, 15) is 39.3 Å². The van der Waals surface area contributed by atoms with E-state index in [-0.39, 0.29) is 30.2 Å². The molecule has 1 amide bonds. The minimum absolute atomic E-state index is 0.0305. The van der Waals surface area contributed by atoms with Crippen molar-refractivity contribution in [1.29, 1.82) is 0 Å². The highest BCUT2D eigenvalue weighted by atomic mass is 32.2. The van der Waals surface area contributed by atoms with Gasteiger partial charge in [-0.1, -0.05) is 24.3 Å². The highest BCUT2D eigenvalue weighted by molar-refractivity contribution is 7.84. The SMILES string of the molecule is CCOS(=O)(=Nc1ccccc1O[C@H]1O[C@H](CO)[C@H](O)[C@H](O)[C@H]1O)Oc1ccc(C[C@H](NC(=O)OC(C)(C)C)C(=O)O)cc1. The van der Waals surface area contributed by atoms with Crippen LogP contribution < -0.4 is 14.2 Å². The largest absolute Gasteiger partial charge is 0.480 e. The molecule has 2 aromatic rings. The first-order valence-corrected chi connectivity index (χ1v) is 15.0. The van der Waals surface area contributed by atoms with Crippen molar-refractivity contribution in [2.45, 2.75) is 76.5 Å². The second kappa shape index (κ2) is 15.0. The van der Waals surface area contributed by atoms with E-state index in [1.807, 2.05) is 0 Å². The number of aliphatic carboxylic acids is 1.